The first-order chi connectivity index (χ1) is 8.79. The van der Waals surface area contributed by atoms with Gasteiger partial charge in [-0.25, -0.2) is 0 Å². The van der Waals surface area contributed by atoms with E-state index in [1.54, 1.807) is 11.3 Å². The van der Waals surface area contributed by atoms with Gasteiger partial charge in [0.1, 0.15) is 0 Å². The SMILES string of the molecule is Cc1ccc(-c2sc3ccccc3c2C=O)cc1. The van der Waals surface area contributed by atoms with Gasteiger partial charge in [0.25, 0.3) is 0 Å². The summed E-state index contributed by atoms with van der Waals surface area (Å²) in [5, 5.41) is 1.05. The molecule has 3 aromatic rings. The summed E-state index contributed by atoms with van der Waals surface area (Å²) in [5.74, 6) is 0. The van der Waals surface area contributed by atoms with E-state index in [4.69, 9.17) is 0 Å². The zero-order valence-electron chi connectivity index (χ0n) is 10.0. The highest BCUT2D eigenvalue weighted by Gasteiger charge is 2.12. The fraction of sp³-hybridized carbons (Fsp3) is 0.0625. The second-order valence-electron chi connectivity index (χ2n) is 4.32. The molecule has 0 aliphatic rings. The van der Waals surface area contributed by atoms with Crippen molar-refractivity contribution in [1.29, 1.82) is 0 Å². The van der Waals surface area contributed by atoms with Crippen molar-refractivity contribution in [2.75, 3.05) is 0 Å². The summed E-state index contributed by atoms with van der Waals surface area (Å²) in [4.78, 5) is 12.4. The van der Waals surface area contributed by atoms with Gasteiger partial charge in [-0.05, 0) is 18.6 Å². The van der Waals surface area contributed by atoms with Gasteiger partial charge in [-0.3, -0.25) is 4.79 Å². The van der Waals surface area contributed by atoms with Crippen molar-refractivity contribution in [2.24, 2.45) is 0 Å². The van der Waals surface area contributed by atoms with Gasteiger partial charge in [0, 0.05) is 20.5 Å². The number of thiophene rings is 1. The Labute approximate surface area is 110 Å². The molecule has 0 saturated heterocycles. The standard InChI is InChI=1S/C16H12OS/c1-11-6-8-12(9-7-11)16-14(10-17)13-4-2-3-5-15(13)18-16/h2-10H,1H3. The van der Waals surface area contributed by atoms with E-state index in [1.807, 2.05) is 18.2 Å². The Morgan fingerprint density at radius 2 is 1.72 bits per heavy atom. The second-order valence-corrected chi connectivity index (χ2v) is 5.38. The first-order valence-electron chi connectivity index (χ1n) is 5.83. The number of carbonyl (C=O) groups is 1. The van der Waals surface area contributed by atoms with Crippen LogP contribution in [0.25, 0.3) is 20.5 Å². The number of hydrogen-bond donors (Lipinski definition) is 0. The van der Waals surface area contributed by atoms with Crippen LogP contribution in [-0.2, 0) is 0 Å². The smallest absolute Gasteiger partial charge is 0.152 e. The maximum absolute atomic E-state index is 11.3. The minimum atomic E-state index is 0.805. The van der Waals surface area contributed by atoms with Gasteiger partial charge in [-0.1, -0.05) is 48.0 Å². The van der Waals surface area contributed by atoms with Crippen LogP contribution in [0.3, 0.4) is 0 Å². The molecule has 0 radical (unpaired) electrons. The number of fused-ring (bicyclic) bond motifs is 1. The molecule has 3 rings (SSSR count). The van der Waals surface area contributed by atoms with Gasteiger partial charge in [-0.15, -0.1) is 11.3 Å². The lowest BCUT2D eigenvalue weighted by atomic mass is 10.1. The summed E-state index contributed by atoms with van der Waals surface area (Å²) in [7, 11) is 0. The Balaban J connectivity index is 2.28. The minimum Gasteiger partial charge on any atom is -0.298 e. The van der Waals surface area contributed by atoms with Crippen LogP contribution < -0.4 is 0 Å². The second kappa shape index (κ2) is 4.39. The quantitative estimate of drug-likeness (QED) is 0.605. The normalized spacial score (nSPS) is 10.7. The molecule has 0 spiro atoms. The largest absolute Gasteiger partial charge is 0.298 e. The van der Waals surface area contributed by atoms with E-state index in [1.165, 1.54) is 5.56 Å². The fourth-order valence-corrected chi connectivity index (χ4v) is 3.28. The first kappa shape index (κ1) is 11.2. The summed E-state index contributed by atoms with van der Waals surface area (Å²) >= 11 is 1.68. The molecule has 0 atom stereocenters. The predicted octanol–water partition coefficient (Wildman–Crippen LogP) is 4.69. The molecule has 1 heterocycles. The highest BCUT2D eigenvalue weighted by Crippen LogP contribution is 2.37. The molecule has 0 unspecified atom stereocenters. The molecule has 0 N–H and O–H groups in total. The van der Waals surface area contributed by atoms with E-state index in [9.17, 15) is 4.79 Å². The molecule has 0 saturated carbocycles. The summed E-state index contributed by atoms with van der Waals surface area (Å²) in [5.41, 5.74) is 3.15. The minimum absolute atomic E-state index is 0.805. The zero-order valence-corrected chi connectivity index (χ0v) is 10.8. The van der Waals surface area contributed by atoms with E-state index >= 15 is 0 Å². The molecule has 2 heteroatoms. The molecular weight excluding hydrogens is 240 g/mol. The van der Waals surface area contributed by atoms with Crippen LogP contribution in [0.4, 0.5) is 0 Å². The van der Waals surface area contributed by atoms with Crippen molar-refractivity contribution in [2.45, 2.75) is 6.92 Å². The lowest BCUT2D eigenvalue weighted by Crippen LogP contribution is -1.82. The third kappa shape index (κ3) is 1.75. The maximum Gasteiger partial charge on any atom is 0.152 e. The van der Waals surface area contributed by atoms with Gasteiger partial charge in [0.05, 0.1) is 0 Å². The van der Waals surface area contributed by atoms with Crippen molar-refractivity contribution in [1.82, 2.24) is 0 Å². The number of rotatable bonds is 2. The summed E-state index contributed by atoms with van der Waals surface area (Å²) in [6.45, 7) is 2.06. The topological polar surface area (TPSA) is 17.1 Å². The molecule has 0 bridgehead atoms. The molecule has 0 aliphatic heterocycles. The Morgan fingerprint density at radius 3 is 2.44 bits per heavy atom. The van der Waals surface area contributed by atoms with Gasteiger partial charge in [0.15, 0.2) is 6.29 Å². The van der Waals surface area contributed by atoms with E-state index in [0.29, 0.717) is 0 Å². The highest BCUT2D eigenvalue weighted by atomic mass is 32.1. The molecule has 0 aliphatic carbocycles. The van der Waals surface area contributed by atoms with E-state index in [0.717, 1.165) is 32.4 Å². The molecule has 0 fully saturated rings. The summed E-state index contributed by atoms with van der Waals surface area (Å²) in [6.07, 6.45) is 0.966. The summed E-state index contributed by atoms with van der Waals surface area (Å²) < 4.78 is 1.16. The summed E-state index contributed by atoms with van der Waals surface area (Å²) in [6, 6.07) is 16.4. The molecule has 2 aromatic carbocycles. The van der Waals surface area contributed by atoms with Gasteiger partial charge >= 0.3 is 0 Å². The van der Waals surface area contributed by atoms with Crippen LogP contribution in [0.2, 0.25) is 0 Å². The molecule has 1 nitrogen and oxygen atoms in total. The molecular formula is C16H12OS. The molecule has 1 aromatic heterocycles. The van der Waals surface area contributed by atoms with Gasteiger partial charge in [-0.2, -0.15) is 0 Å². The van der Waals surface area contributed by atoms with Crippen LogP contribution in [0.15, 0.2) is 48.5 Å². The number of aryl methyl sites for hydroxylation is 1. The lowest BCUT2D eigenvalue weighted by molar-refractivity contribution is 0.112. The first-order valence-corrected chi connectivity index (χ1v) is 6.65. The Kier molecular flexibility index (Phi) is 2.73. The third-order valence-electron chi connectivity index (χ3n) is 3.07. The highest BCUT2D eigenvalue weighted by molar-refractivity contribution is 7.22. The van der Waals surface area contributed by atoms with Gasteiger partial charge < -0.3 is 0 Å². The van der Waals surface area contributed by atoms with Crippen molar-refractivity contribution in [3.05, 3.63) is 59.7 Å². The van der Waals surface area contributed by atoms with Crippen molar-refractivity contribution >= 4 is 27.7 Å². The zero-order chi connectivity index (χ0) is 12.5. The Hall–Kier alpha value is -1.93. The van der Waals surface area contributed by atoms with Crippen LogP contribution in [-0.4, -0.2) is 6.29 Å². The van der Waals surface area contributed by atoms with E-state index in [2.05, 4.69) is 37.3 Å². The van der Waals surface area contributed by atoms with E-state index in [-0.39, 0.29) is 0 Å². The van der Waals surface area contributed by atoms with Crippen LogP contribution in [0, 0.1) is 6.92 Å². The number of aldehydes is 1. The maximum atomic E-state index is 11.3. The number of benzene rings is 2. The third-order valence-corrected chi connectivity index (χ3v) is 4.30. The Bertz CT molecular complexity index is 708. The number of carbonyl (C=O) groups excluding carboxylic acids is 1. The number of hydrogen-bond acceptors (Lipinski definition) is 2. The van der Waals surface area contributed by atoms with Crippen LogP contribution in [0.1, 0.15) is 15.9 Å². The molecule has 18 heavy (non-hydrogen) atoms. The van der Waals surface area contributed by atoms with Gasteiger partial charge in [0.2, 0.25) is 0 Å². The van der Waals surface area contributed by atoms with Crippen molar-refractivity contribution < 1.29 is 4.79 Å². The Morgan fingerprint density at radius 1 is 1.00 bits per heavy atom. The average molecular weight is 252 g/mol. The lowest BCUT2D eigenvalue weighted by Gasteiger charge is -1.99. The van der Waals surface area contributed by atoms with E-state index < -0.39 is 0 Å². The molecule has 88 valence electrons. The van der Waals surface area contributed by atoms with Crippen LogP contribution >= 0.6 is 11.3 Å². The average Bonchev–Trinajstić information content (AvgIpc) is 2.78. The monoisotopic (exact) mass is 252 g/mol. The van der Waals surface area contributed by atoms with Crippen LogP contribution in [0.5, 0.6) is 0 Å². The van der Waals surface area contributed by atoms with Crippen molar-refractivity contribution in [3.63, 3.8) is 0 Å². The molecule has 0 amide bonds. The predicted molar refractivity (Wildman–Crippen MR) is 77.4 cm³/mol. The van der Waals surface area contributed by atoms with Crippen molar-refractivity contribution in [3.8, 4) is 10.4 Å². The fourth-order valence-electron chi connectivity index (χ4n) is 2.10.